The number of esters is 1. The van der Waals surface area contributed by atoms with Crippen molar-refractivity contribution in [2.24, 2.45) is 21.9 Å². The molecule has 3 rings (SSSR count). The average Bonchev–Trinajstić information content (AvgIpc) is 3.46. The van der Waals surface area contributed by atoms with Gasteiger partial charge in [0.1, 0.15) is 12.1 Å². The third-order valence-corrected chi connectivity index (χ3v) is 9.47. The number of amides is 2. The number of hydrogen-bond acceptors (Lipinski definition) is 7. The second-order valence-electron chi connectivity index (χ2n) is 12.5. The third-order valence-electron chi connectivity index (χ3n) is 9.47. The first-order valence-corrected chi connectivity index (χ1v) is 14.3. The van der Waals surface area contributed by atoms with Gasteiger partial charge in [0.25, 0.3) is 0 Å². The molecule has 2 amide bonds. The van der Waals surface area contributed by atoms with E-state index >= 15 is 0 Å². The molecular formula is C30H44N4O5. The van der Waals surface area contributed by atoms with Crippen LogP contribution in [-0.2, 0) is 19.1 Å². The van der Waals surface area contributed by atoms with Gasteiger partial charge in [-0.15, -0.1) is 4.91 Å². The molecular weight excluding hydrogens is 496 g/mol. The standard InChI is InChI=1S/C30H44N4O5/c1-20(18-22-13-15-29(2,3)30(22,4)5)39-28(37)25-12-9-17-34(25)27(36)23(14-16-31)32-26(35)24(33-38)19-21-10-7-6-8-11-21/h7,10-11,20,22-25H,6,8-9,12-15,17-19H2,1-5H3,(H,32,35). The van der Waals surface area contributed by atoms with Crippen molar-refractivity contribution >= 4 is 17.8 Å². The molecule has 2 aliphatic carbocycles. The second-order valence-corrected chi connectivity index (χ2v) is 12.5. The largest absolute Gasteiger partial charge is 0.461 e. The average molecular weight is 541 g/mol. The lowest BCUT2D eigenvalue weighted by atomic mass is 9.66. The summed E-state index contributed by atoms with van der Waals surface area (Å²) in [5.74, 6) is -1.23. The predicted octanol–water partition coefficient (Wildman–Crippen LogP) is 4.96. The van der Waals surface area contributed by atoms with E-state index in [1.807, 2.05) is 31.2 Å². The van der Waals surface area contributed by atoms with Gasteiger partial charge in [0.15, 0.2) is 6.04 Å². The first-order valence-electron chi connectivity index (χ1n) is 14.3. The lowest BCUT2D eigenvalue weighted by Gasteiger charge is -2.40. The van der Waals surface area contributed by atoms with Gasteiger partial charge in [-0.2, -0.15) is 5.26 Å². The van der Waals surface area contributed by atoms with Gasteiger partial charge < -0.3 is 15.0 Å². The Morgan fingerprint density at radius 2 is 1.97 bits per heavy atom. The van der Waals surface area contributed by atoms with Crippen LogP contribution in [0.4, 0.5) is 0 Å². The Balaban J connectivity index is 1.61. The van der Waals surface area contributed by atoms with Gasteiger partial charge in [-0.25, -0.2) is 4.79 Å². The number of likely N-dealkylation sites (tertiary alicyclic amines) is 1. The van der Waals surface area contributed by atoms with E-state index in [0.29, 0.717) is 25.3 Å². The number of ether oxygens (including phenoxy) is 1. The Morgan fingerprint density at radius 1 is 1.23 bits per heavy atom. The molecule has 9 nitrogen and oxygen atoms in total. The summed E-state index contributed by atoms with van der Waals surface area (Å²) in [6.45, 7) is 11.4. The fraction of sp³-hybridized carbons (Fsp3) is 0.733. The number of carbonyl (C=O) groups excluding carboxylic acids is 3. The topological polar surface area (TPSA) is 129 Å². The molecule has 0 radical (unpaired) electrons. The summed E-state index contributed by atoms with van der Waals surface area (Å²) in [6.07, 6.45) is 11.2. The quantitative estimate of drug-likeness (QED) is 0.291. The summed E-state index contributed by atoms with van der Waals surface area (Å²) < 4.78 is 5.84. The number of allylic oxidation sites excluding steroid dienone is 3. The number of nitrogens with zero attached hydrogens (tertiary/aromatic N) is 3. The maximum atomic E-state index is 13.4. The lowest BCUT2D eigenvalue weighted by Crippen LogP contribution is -2.53. The van der Waals surface area contributed by atoms with Crippen LogP contribution in [0.25, 0.3) is 0 Å². The van der Waals surface area contributed by atoms with Crippen LogP contribution in [-0.4, -0.2) is 53.5 Å². The smallest absolute Gasteiger partial charge is 0.329 e. The van der Waals surface area contributed by atoms with Gasteiger partial charge in [0.05, 0.1) is 18.6 Å². The van der Waals surface area contributed by atoms with Crippen LogP contribution in [0.15, 0.2) is 29.0 Å². The summed E-state index contributed by atoms with van der Waals surface area (Å²) in [5, 5.41) is 14.9. The monoisotopic (exact) mass is 540 g/mol. The lowest BCUT2D eigenvalue weighted by molar-refractivity contribution is -0.159. The Labute approximate surface area is 232 Å². The number of nitriles is 1. The van der Waals surface area contributed by atoms with Crippen molar-refractivity contribution in [2.75, 3.05) is 6.54 Å². The van der Waals surface area contributed by atoms with Gasteiger partial charge in [0.2, 0.25) is 11.8 Å². The van der Waals surface area contributed by atoms with E-state index in [1.165, 1.54) is 4.90 Å². The molecule has 0 bridgehead atoms. The summed E-state index contributed by atoms with van der Waals surface area (Å²) in [6, 6.07) is -1.21. The highest BCUT2D eigenvalue weighted by Gasteiger charge is 2.49. The molecule has 3 aliphatic rings. The number of nitrogens with one attached hydrogen (secondary N) is 1. The van der Waals surface area contributed by atoms with Crippen LogP contribution >= 0.6 is 0 Å². The second kappa shape index (κ2) is 12.9. The van der Waals surface area contributed by atoms with Crippen molar-refractivity contribution in [2.45, 2.75) is 117 Å². The zero-order chi connectivity index (χ0) is 28.8. The van der Waals surface area contributed by atoms with Crippen LogP contribution < -0.4 is 5.32 Å². The van der Waals surface area contributed by atoms with Gasteiger partial charge in [-0.3, -0.25) is 9.59 Å². The Bertz CT molecular complexity index is 1040. The number of nitroso groups, excluding NO2 is 1. The predicted molar refractivity (Wildman–Crippen MR) is 148 cm³/mol. The molecule has 1 N–H and O–H groups in total. The van der Waals surface area contributed by atoms with Crippen LogP contribution in [0.2, 0.25) is 0 Å². The molecule has 1 heterocycles. The van der Waals surface area contributed by atoms with E-state index in [9.17, 15) is 24.6 Å². The van der Waals surface area contributed by atoms with Crippen molar-refractivity contribution < 1.29 is 19.1 Å². The first kappa shape index (κ1) is 30.5. The molecule has 1 saturated heterocycles. The molecule has 0 aromatic carbocycles. The van der Waals surface area contributed by atoms with Gasteiger partial charge in [-0.05, 0) is 74.2 Å². The maximum absolute atomic E-state index is 13.4. The molecule has 9 heteroatoms. The molecule has 1 aliphatic heterocycles. The minimum absolute atomic E-state index is 0.129. The van der Waals surface area contributed by atoms with Gasteiger partial charge >= 0.3 is 5.97 Å². The fourth-order valence-electron chi connectivity index (χ4n) is 6.16. The highest BCUT2D eigenvalue weighted by atomic mass is 16.5. The van der Waals surface area contributed by atoms with Crippen LogP contribution in [0.1, 0.15) is 92.4 Å². The summed E-state index contributed by atoms with van der Waals surface area (Å²) in [4.78, 5) is 52.3. The van der Waals surface area contributed by atoms with Crippen LogP contribution in [0.5, 0.6) is 0 Å². The van der Waals surface area contributed by atoms with Gasteiger partial charge in [-0.1, -0.05) is 51.1 Å². The highest BCUT2D eigenvalue weighted by Crippen LogP contribution is 2.57. The molecule has 2 fully saturated rings. The zero-order valence-corrected chi connectivity index (χ0v) is 24.1. The van der Waals surface area contributed by atoms with Crippen molar-refractivity contribution in [3.8, 4) is 6.07 Å². The van der Waals surface area contributed by atoms with E-state index in [0.717, 1.165) is 37.7 Å². The van der Waals surface area contributed by atoms with Crippen molar-refractivity contribution in [3.05, 3.63) is 28.7 Å². The molecule has 214 valence electrons. The molecule has 5 atom stereocenters. The van der Waals surface area contributed by atoms with Crippen LogP contribution in [0.3, 0.4) is 0 Å². The summed E-state index contributed by atoms with van der Waals surface area (Å²) in [5.41, 5.74) is 1.19. The highest BCUT2D eigenvalue weighted by molar-refractivity contribution is 5.92. The first-order chi connectivity index (χ1) is 18.4. The Kier molecular flexibility index (Phi) is 10.1. The molecule has 39 heavy (non-hydrogen) atoms. The Hall–Kier alpha value is -3.02. The molecule has 0 aromatic rings. The molecule has 5 unspecified atom stereocenters. The van der Waals surface area contributed by atoms with E-state index < -0.39 is 35.9 Å². The molecule has 1 saturated carbocycles. The number of rotatable bonds is 11. The normalized spacial score (nSPS) is 25.6. The molecule has 0 spiro atoms. The fourth-order valence-corrected chi connectivity index (χ4v) is 6.16. The Morgan fingerprint density at radius 3 is 2.56 bits per heavy atom. The summed E-state index contributed by atoms with van der Waals surface area (Å²) >= 11 is 0. The van der Waals surface area contributed by atoms with E-state index in [1.54, 1.807) is 0 Å². The maximum Gasteiger partial charge on any atom is 0.329 e. The van der Waals surface area contributed by atoms with E-state index in [4.69, 9.17) is 4.74 Å². The third kappa shape index (κ3) is 7.14. The number of carbonyl (C=O) groups is 3. The van der Waals surface area contributed by atoms with E-state index in [2.05, 4.69) is 38.2 Å². The van der Waals surface area contributed by atoms with Crippen molar-refractivity contribution in [1.82, 2.24) is 10.2 Å². The minimum atomic E-state index is -1.21. The SMILES string of the molecule is CC(CC1CCC(C)(C)C1(C)C)OC(=O)C1CCCN1C(=O)C(CC#N)NC(=O)C(CC1=CCCC=C1)N=O. The van der Waals surface area contributed by atoms with Crippen molar-refractivity contribution in [1.29, 1.82) is 5.26 Å². The van der Waals surface area contributed by atoms with Gasteiger partial charge in [0, 0.05) is 13.0 Å². The van der Waals surface area contributed by atoms with Crippen molar-refractivity contribution in [3.63, 3.8) is 0 Å². The van der Waals surface area contributed by atoms with E-state index in [-0.39, 0.29) is 29.8 Å². The number of hydrogen-bond donors (Lipinski definition) is 1. The molecule has 0 aromatic heterocycles. The summed E-state index contributed by atoms with van der Waals surface area (Å²) in [7, 11) is 0. The zero-order valence-electron chi connectivity index (χ0n) is 24.1. The van der Waals surface area contributed by atoms with Crippen LogP contribution in [0, 0.1) is 33.0 Å². The minimum Gasteiger partial charge on any atom is -0.461 e.